The number of halogens is 1. The lowest BCUT2D eigenvalue weighted by molar-refractivity contribution is -0.125. The van der Waals surface area contributed by atoms with E-state index in [1.54, 1.807) is 20.0 Å². The highest BCUT2D eigenvalue weighted by Gasteiger charge is 2.34. The lowest BCUT2D eigenvalue weighted by Gasteiger charge is -2.30. The first-order chi connectivity index (χ1) is 16.1. The summed E-state index contributed by atoms with van der Waals surface area (Å²) < 4.78 is 0. The monoisotopic (exact) mass is 501 g/mol. The van der Waals surface area contributed by atoms with Crippen LogP contribution in [-0.4, -0.2) is 28.9 Å². The Balaban J connectivity index is 1.82. The van der Waals surface area contributed by atoms with Crippen LogP contribution < -0.4 is 15.5 Å². The Labute approximate surface area is 210 Å². The third-order valence-corrected chi connectivity index (χ3v) is 7.71. The first-order valence-electron chi connectivity index (χ1n) is 11.6. The van der Waals surface area contributed by atoms with Crippen molar-refractivity contribution in [3.05, 3.63) is 40.0 Å². The quantitative estimate of drug-likeness (QED) is 0.412. The van der Waals surface area contributed by atoms with Gasteiger partial charge in [-0.3, -0.25) is 19.5 Å². The van der Waals surface area contributed by atoms with Crippen molar-refractivity contribution in [2.45, 2.75) is 77.4 Å². The van der Waals surface area contributed by atoms with Gasteiger partial charge < -0.3 is 10.6 Å². The number of aromatic nitrogens is 1. The normalized spacial score (nSPS) is 15.9. The number of anilines is 2. The standard InChI is InChI=1S/C25H32ClN5O2S/c1-16-20(12-19(26)13-28-16)29-17(2)22-9-10-23(34-22)31(15-32)21(11-18-7-5-6-8-18)24(33)30-25(3,4)14-27/h9-10,12-13,15,17-18,21,29H,5-8,11H2,1-4H3,(H,30,33)/t17-,21-/m0/s1. The summed E-state index contributed by atoms with van der Waals surface area (Å²) in [4.78, 5) is 32.3. The highest BCUT2D eigenvalue weighted by Crippen LogP contribution is 2.36. The van der Waals surface area contributed by atoms with Crippen molar-refractivity contribution in [3.63, 3.8) is 0 Å². The van der Waals surface area contributed by atoms with E-state index < -0.39 is 11.6 Å². The number of nitriles is 1. The molecular weight excluding hydrogens is 470 g/mol. The van der Waals surface area contributed by atoms with E-state index in [1.807, 2.05) is 32.0 Å². The first-order valence-corrected chi connectivity index (χ1v) is 12.8. The van der Waals surface area contributed by atoms with E-state index in [4.69, 9.17) is 11.6 Å². The lowest BCUT2D eigenvalue weighted by atomic mass is 9.96. The molecule has 9 heteroatoms. The molecule has 1 saturated carbocycles. The Morgan fingerprint density at radius 3 is 2.76 bits per heavy atom. The van der Waals surface area contributed by atoms with Gasteiger partial charge in [0.15, 0.2) is 0 Å². The van der Waals surface area contributed by atoms with Gasteiger partial charge in [-0.2, -0.15) is 5.26 Å². The van der Waals surface area contributed by atoms with Crippen molar-refractivity contribution in [1.82, 2.24) is 10.3 Å². The fourth-order valence-corrected chi connectivity index (χ4v) is 5.46. The molecule has 0 spiro atoms. The molecule has 2 aromatic rings. The van der Waals surface area contributed by atoms with Crippen molar-refractivity contribution in [2.75, 3.05) is 10.2 Å². The Morgan fingerprint density at radius 2 is 2.12 bits per heavy atom. The van der Waals surface area contributed by atoms with Gasteiger partial charge in [-0.1, -0.05) is 37.3 Å². The highest BCUT2D eigenvalue weighted by atomic mass is 35.5. The fourth-order valence-electron chi connectivity index (χ4n) is 4.28. The molecule has 0 unspecified atom stereocenters. The van der Waals surface area contributed by atoms with Gasteiger partial charge in [-0.05, 0) is 58.2 Å². The molecule has 0 aromatic carbocycles. The summed E-state index contributed by atoms with van der Waals surface area (Å²) >= 11 is 7.56. The molecule has 2 atom stereocenters. The summed E-state index contributed by atoms with van der Waals surface area (Å²) in [5.74, 6) is 0.0917. The van der Waals surface area contributed by atoms with Crippen LogP contribution in [0.3, 0.4) is 0 Å². The van der Waals surface area contributed by atoms with Crippen molar-refractivity contribution in [1.29, 1.82) is 5.26 Å². The predicted octanol–water partition coefficient (Wildman–Crippen LogP) is 5.61. The van der Waals surface area contributed by atoms with Crippen molar-refractivity contribution in [2.24, 2.45) is 5.92 Å². The molecule has 2 heterocycles. The average Bonchev–Trinajstić information content (AvgIpc) is 3.48. The maximum atomic E-state index is 13.2. The minimum Gasteiger partial charge on any atom is -0.376 e. The van der Waals surface area contributed by atoms with Gasteiger partial charge in [0.05, 0.1) is 33.5 Å². The maximum absolute atomic E-state index is 13.2. The topological polar surface area (TPSA) is 98.1 Å². The molecule has 34 heavy (non-hydrogen) atoms. The van der Waals surface area contributed by atoms with E-state index in [9.17, 15) is 14.9 Å². The van der Waals surface area contributed by atoms with Crippen LogP contribution in [0.2, 0.25) is 5.02 Å². The summed E-state index contributed by atoms with van der Waals surface area (Å²) in [6.45, 7) is 7.26. The van der Waals surface area contributed by atoms with E-state index in [1.165, 1.54) is 16.2 Å². The number of thiophene rings is 1. The zero-order chi connectivity index (χ0) is 24.9. The summed E-state index contributed by atoms with van der Waals surface area (Å²) in [6.07, 6.45) is 7.34. The van der Waals surface area contributed by atoms with Crippen LogP contribution in [0.25, 0.3) is 0 Å². The van der Waals surface area contributed by atoms with Gasteiger partial charge in [-0.25, -0.2) is 0 Å². The third kappa shape index (κ3) is 6.49. The SMILES string of the molecule is Cc1ncc(Cl)cc1N[C@@H](C)c1ccc(N(C=O)[C@@H](CC2CCCC2)C(=O)NC(C)(C)C#N)s1. The van der Waals surface area contributed by atoms with Gasteiger partial charge in [0, 0.05) is 11.1 Å². The number of pyridine rings is 1. The molecule has 0 bridgehead atoms. The molecule has 1 aliphatic carbocycles. The van der Waals surface area contributed by atoms with E-state index in [2.05, 4.69) is 21.7 Å². The van der Waals surface area contributed by atoms with Crippen molar-refractivity contribution < 1.29 is 9.59 Å². The van der Waals surface area contributed by atoms with Crippen LogP contribution in [0.1, 0.15) is 69.5 Å². The third-order valence-electron chi connectivity index (χ3n) is 6.22. The van der Waals surface area contributed by atoms with E-state index >= 15 is 0 Å². The Hall–Kier alpha value is -2.63. The Bertz CT molecular complexity index is 1060. The molecule has 1 aliphatic rings. The average molecular weight is 502 g/mol. The smallest absolute Gasteiger partial charge is 0.244 e. The summed E-state index contributed by atoms with van der Waals surface area (Å²) in [5.41, 5.74) is 0.678. The molecule has 2 N–H and O–H groups in total. The molecule has 0 saturated heterocycles. The van der Waals surface area contributed by atoms with Gasteiger partial charge in [-0.15, -0.1) is 11.3 Å². The highest BCUT2D eigenvalue weighted by molar-refractivity contribution is 7.16. The van der Waals surface area contributed by atoms with Crippen LogP contribution in [0.4, 0.5) is 10.7 Å². The molecular formula is C25H32ClN5O2S. The molecule has 2 amide bonds. The van der Waals surface area contributed by atoms with Crippen LogP contribution in [0.15, 0.2) is 24.4 Å². The van der Waals surface area contributed by atoms with Crippen molar-refractivity contribution in [3.8, 4) is 6.07 Å². The second kappa shape index (κ2) is 11.2. The van der Waals surface area contributed by atoms with Crippen LogP contribution >= 0.6 is 22.9 Å². The lowest BCUT2D eigenvalue weighted by Crippen LogP contribution is -2.53. The molecule has 0 radical (unpaired) electrons. The van der Waals surface area contributed by atoms with Gasteiger partial charge in [0.25, 0.3) is 0 Å². The molecule has 182 valence electrons. The summed E-state index contributed by atoms with van der Waals surface area (Å²) in [6, 6.07) is 7.07. The second-order valence-electron chi connectivity index (χ2n) is 9.47. The number of carbonyl (C=O) groups excluding carboxylic acids is 2. The van der Waals surface area contributed by atoms with E-state index in [-0.39, 0.29) is 11.9 Å². The Morgan fingerprint density at radius 1 is 1.41 bits per heavy atom. The summed E-state index contributed by atoms with van der Waals surface area (Å²) in [7, 11) is 0. The molecule has 2 aromatic heterocycles. The van der Waals surface area contributed by atoms with Crippen LogP contribution in [0.5, 0.6) is 0 Å². The zero-order valence-electron chi connectivity index (χ0n) is 20.1. The van der Waals surface area contributed by atoms with E-state index in [0.717, 1.165) is 48.4 Å². The second-order valence-corrected chi connectivity index (χ2v) is 11.0. The predicted molar refractivity (Wildman–Crippen MR) is 137 cm³/mol. The number of hydrogen-bond donors (Lipinski definition) is 2. The maximum Gasteiger partial charge on any atom is 0.244 e. The number of rotatable bonds is 10. The van der Waals surface area contributed by atoms with E-state index in [0.29, 0.717) is 22.4 Å². The number of nitrogens with one attached hydrogen (secondary N) is 2. The number of amides is 2. The molecule has 1 fully saturated rings. The largest absolute Gasteiger partial charge is 0.376 e. The fraction of sp³-hybridized carbons (Fsp3) is 0.520. The molecule has 0 aliphatic heterocycles. The number of aryl methyl sites for hydroxylation is 1. The van der Waals surface area contributed by atoms with Gasteiger partial charge in [0.2, 0.25) is 12.3 Å². The first kappa shape index (κ1) is 26.0. The summed E-state index contributed by atoms with van der Waals surface area (Å²) in [5, 5.41) is 16.9. The Kier molecular flexibility index (Phi) is 8.56. The minimum absolute atomic E-state index is 0.0501. The minimum atomic E-state index is -1.01. The molecule has 3 rings (SSSR count). The number of hydrogen-bond acceptors (Lipinski definition) is 6. The van der Waals surface area contributed by atoms with Gasteiger partial charge >= 0.3 is 0 Å². The zero-order valence-corrected chi connectivity index (χ0v) is 21.7. The van der Waals surface area contributed by atoms with Crippen LogP contribution in [-0.2, 0) is 9.59 Å². The number of carbonyl (C=O) groups is 2. The van der Waals surface area contributed by atoms with Crippen molar-refractivity contribution >= 4 is 45.9 Å². The van der Waals surface area contributed by atoms with Gasteiger partial charge in [0.1, 0.15) is 11.6 Å². The number of nitrogens with zero attached hydrogens (tertiary/aromatic N) is 3. The van der Waals surface area contributed by atoms with Crippen LogP contribution in [0, 0.1) is 24.2 Å². The molecule has 7 nitrogen and oxygen atoms in total.